The Hall–Kier alpha value is -1.95. The summed E-state index contributed by atoms with van der Waals surface area (Å²) < 4.78 is 1.84. The summed E-state index contributed by atoms with van der Waals surface area (Å²) in [6, 6.07) is 0. The fourth-order valence-corrected chi connectivity index (χ4v) is 4.19. The lowest BCUT2D eigenvalue weighted by atomic mass is 9.92. The summed E-state index contributed by atoms with van der Waals surface area (Å²) in [6.45, 7) is 1.93. The minimum absolute atomic E-state index is 0.198. The van der Waals surface area contributed by atoms with E-state index < -0.39 is 0 Å². The van der Waals surface area contributed by atoms with E-state index in [-0.39, 0.29) is 12.5 Å². The lowest BCUT2D eigenvalue weighted by molar-refractivity contribution is 0.227. The van der Waals surface area contributed by atoms with Crippen molar-refractivity contribution in [2.45, 2.75) is 38.0 Å². The van der Waals surface area contributed by atoms with Gasteiger partial charge in [-0.3, -0.25) is 4.68 Å². The van der Waals surface area contributed by atoms with Crippen LogP contribution >= 0.6 is 0 Å². The molecule has 3 heterocycles. The predicted molar refractivity (Wildman–Crippen MR) is 92.0 cm³/mol. The van der Waals surface area contributed by atoms with Gasteiger partial charge in [-0.15, -0.1) is 0 Å². The SMILES string of the molecule is Cn1cc([C@@H]2CN(c3ncnc4c3CCCCC4)C[C@H]2CO)cn1. The molecular weight excluding hydrogens is 302 g/mol. The lowest BCUT2D eigenvalue weighted by Gasteiger charge is -2.21. The van der Waals surface area contributed by atoms with E-state index in [0.29, 0.717) is 5.92 Å². The van der Waals surface area contributed by atoms with Crippen LogP contribution in [0.15, 0.2) is 18.7 Å². The van der Waals surface area contributed by atoms with E-state index in [9.17, 15) is 5.11 Å². The second-order valence-electron chi connectivity index (χ2n) is 7.08. The van der Waals surface area contributed by atoms with Crippen LogP contribution in [0.5, 0.6) is 0 Å². The monoisotopic (exact) mass is 327 g/mol. The molecule has 0 amide bonds. The number of aliphatic hydroxyl groups is 1. The van der Waals surface area contributed by atoms with Gasteiger partial charge in [0, 0.05) is 56.0 Å². The van der Waals surface area contributed by atoms with Crippen molar-refractivity contribution in [3.05, 3.63) is 35.5 Å². The summed E-state index contributed by atoms with van der Waals surface area (Å²) >= 11 is 0. The van der Waals surface area contributed by atoms with Gasteiger partial charge in [-0.25, -0.2) is 9.97 Å². The van der Waals surface area contributed by atoms with E-state index in [2.05, 4.69) is 26.2 Å². The average molecular weight is 327 g/mol. The van der Waals surface area contributed by atoms with Crippen molar-refractivity contribution in [3.8, 4) is 0 Å². The smallest absolute Gasteiger partial charge is 0.135 e. The Bertz CT molecular complexity index is 713. The maximum Gasteiger partial charge on any atom is 0.135 e. The molecule has 2 aromatic heterocycles. The molecule has 24 heavy (non-hydrogen) atoms. The van der Waals surface area contributed by atoms with Gasteiger partial charge in [-0.1, -0.05) is 6.42 Å². The van der Waals surface area contributed by atoms with Crippen molar-refractivity contribution >= 4 is 5.82 Å². The molecule has 2 aliphatic rings. The topological polar surface area (TPSA) is 67.1 Å². The maximum atomic E-state index is 9.87. The van der Waals surface area contributed by atoms with Gasteiger partial charge in [0.1, 0.15) is 12.1 Å². The molecule has 0 unspecified atom stereocenters. The Labute approximate surface area is 142 Å². The van der Waals surface area contributed by atoms with Crippen LogP contribution in [0.3, 0.4) is 0 Å². The predicted octanol–water partition coefficient (Wildman–Crippen LogP) is 1.69. The number of anilines is 1. The largest absolute Gasteiger partial charge is 0.396 e. The van der Waals surface area contributed by atoms with Crippen LogP contribution in [0.4, 0.5) is 5.82 Å². The molecule has 0 bridgehead atoms. The molecule has 6 nitrogen and oxygen atoms in total. The zero-order chi connectivity index (χ0) is 16.5. The average Bonchev–Trinajstić information content (AvgIpc) is 3.13. The standard InChI is InChI=1S/C18H25N5O/c1-22-8-13(7-21-22)16-10-23(9-14(16)11-24)18-15-5-3-2-4-6-17(15)19-12-20-18/h7-8,12,14,16,24H,2-6,9-11H2,1H3/t14-,16-/m0/s1. The molecule has 0 saturated carbocycles. The molecule has 2 aromatic rings. The molecule has 1 saturated heterocycles. The van der Waals surface area contributed by atoms with Gasteiger partial charge in [-0.05, 0) is 31.2 Å². The second-order valence-corrected chi connectivity index (χ2v) is 7.08. The van der Waals surface area contributed by atoms with Crippen LogP contribution in [-0.4, -0.2) is 44.6 Å². The van der Waals surface area contributed by atoms with Crippen molar-refractivity contribution in [2.24, 2.45) is 13.0 Å². The summed E-state index contributed by atoms with van der Waals surface area (Å²) in [7, 11) is 1.94. The molecule has 6 heteroatoms. The van der Waals surface area contributed by atoms with Crippen LogP contribution < -0.4 is 4.90 Å². The van der Waals surface area contributed by atoms with E-state index in [1.165, 1.54) is 36.1 Å². The van der Waals surface area contributed by atoms with Gasteiger partial charge >= 0.3 is 0 Å². The molecule has 0 aromatic carbocycles. The molecule has 4 rings (SSSR count). The highest BCUT2D eigenvalue weighted by molar-refractivity contribution is 5.51. The quantitative estimate of drug-likeness (QED) is 0.869. The second kappa shape index (κ2) is 6.51. The summed E-state index contributed by atoms with van der Waals surface area (Å²) in [5, 5.41) is 14.2. The summed E-state index contributed by atoms with van der Waals surface area (Å²) in [5.74, 6) is 1.62. The highest BCUT2D eigenvalue weighted by atomic mass is 16.3. The van der Waals surface area contributed by atoms with E-state index in [1.54, 1.807) is 6.33 Å². The Morgan fingerprint density at radius 3 is 2.83 bits per heavy atom. The van der Waals surface area contributed by atoms with Crippen LogP contribution in [-0.2, 0) is 19.9 Å². The third-order valence-electron chi connectivity index (χ3n) is 5.48. The normalized spacial score (nSPS) is 24.0. The van der Waals surface area contributed by atoms with Crippen LogP contribution in [0.2, 0.25) is 0 Å². The van der Waals surface area contributed by atoms with E-state index in [0.717, 1.165) is 31.7 Å². The Kier molecular flexibility index (Phi) is 4.22. The fourth-order valence-electron chi connectivity index (χ4n) is 4.19. The number of hydrogen-bond donors (Lipinski definition) is 1. The Morgan fingerprint density at radius 2 is 2.04 bits per heavy atom. The van der Waals surface area contributed by atoms with Crippen LogP contribution in [0, 0.1) is 5.92 Å². The minimum Gasteiger partial charge on any atom is -0.396 e. The van der Waals surface area contributed by atoms with Crippen molar-refractivity contribution in [2.75, 3.05) is 24.6 Å². The maximum absolute atomic E-state index is 9.87. The molecule has 0 radical (unpaired) electrons. The van der Waals surface area contributed by atoms with Gasteiger partial charge in [0.15, 0.2) is 0 Å². The number of fused-ring (bicyclic) bond motifs is 1. The first-order valence-electron chi connectivity index (χ1n) is 8.93. The van der Waals surface area contributed by atoms with E-state index >= 15 is 0 Å². The van der Waals surface area contributed by atoms with Crippen LogP contribution in [0.1, 0.15) is 42.0 Å². The first-order valence-corrected chi connectivity index (χ1v) is 8.93. The first-order chi connectivity index (χ1) is 11.8. The first kappa shape index (κ1) is 15.6. The molecule has 128 valence electrons. The highest BCUT2D eigenvalue weighted by Gasteiger charge is 2.36. The van der Waals surface area contributed by atoms with Gasteiger partial charge in [0.05, 0.1) is 6.20 Å². The molecular formula is C18H25N5O. The summed E-state index contributed by atoms with van der Waals surface area (Å²) in [6.07, 6.45) is 11.6. The van der Waals surface area contributed by atoms with Gasteiger partial charge < -0.3 is 10.0 Å². The van der Waals surface area contributed by atoms with Gasteiger partial charge in [0.25, 0.3) is 0 Å². The number of nitrogens with zero attached hydrogens (tertiary/aromatic N) is 5. The van der Waals surface area contributed by atoms with Crippen molar-refractivity contribution < 1.29 is 5.11 Å². The third-order valence-corrected chi connectivity index (χ3v) is 5.48. The van der Waals surface area contributed by atoms with Gasteiger partial charge in [-0.2, -0.15) is 5.10 Å². The lowest BCUT2D eigenvalue weighted by Crippen LogP contribution is -2.24. The fraction of sp³-hybridized carbons (Fsp3) is 0.611. The minimum atomic E-state index is 0.198. The molecule has 1 fully saturated rings. The number of aryl methyl sites for hydroxylation is 2. The van der Waals surface area contributed by atoms with Crippen molar-refractivity contribution in [3.63, 3.8) is 0 Å². The third kappa shape index (κ3) is 2.79. The van der Waals surface area contributed by atoms with Crippen molar-refractivity contribution in [1.82, 2.24) is 19.7 Å². The zero-order valence-electron chi connectivity index (χ0n) is 14.2. The summed E-state index contributed by atoms with van der Waals surface area (Å²) in [4.78, 5) is 11.5. The number of rotatable bonds is 3. The zero-order valence-corrected chi connectivity index (χ0v) is 14.2. The number of aromatic nitrogens is 4. The Balaban J connectivity index is 1.64. The summed E-state index contributed by atoms with van der Waals surface area (Å²) in [5.41, 5.74) is 3.76. The Morgan fingerprint density at radius 1 is 1.17 bits per heavy atom. The molecule has 1 aliphatic heterocycles. The highest BCUT2D eigenvalue weighted by Crippen LogP contribution is 2.36. The molecule has 1 aliphatic carbocycles. The molecule has 0 spiro atoms. The number of aliphatic hydroxyl groups excluding tert-OH is 1. The van der Waals surface area contributed by atoms with E-state index in [1.807, 2.05) is 17.9 Å². The van der Waals surface area contributed by atoms with Crippen molar-refractivity contribution in [1.29, 1.82) is 0 Å². The van der Waals surface area contributed by atoms with Crippen LogP contribution in [0.25, 0.3) is 0 Å². The van der Waals surface area contributed by atoms with Gasteiger partial charge in [0.2, 0.25) is 0 Å². The molecule has 2 atom stereocenters. The molecule has 1 N–H and O–H groups in total. The van der Waals surface area contributed by atoms with E-state index in [4.69, 9.17) is 0 Å². The number of hydrogen-bond acceptors (Lipinski definition) is 5.